The molecule has 0 radical (unpaired) electrons. The zero-order valence-corrected chi connectivity index (χ0v) is 17.4. The molecule has 0 aromatic heterocycles. The van der Waals surface area contributed by atoms with Gasteiger partial charge in [-0.05, 0) is 48.5 Å². The zero-order valence-electron chi connectivity index (χ0n) is 16.6. The molecule has 8 nitrogen and oxygen atoms in total. The minimum absolute atomic E-state index is 0.119. The summed E-state index contributed by atoms with van der Waals surface area (Å²) >= 11 is 0. The SMILES string of the molecule is COc1ccc(NS(=O)(=O)c2cccc(C(=O)Nc3cc(C(N)=O)c(F)cc3F)c2)cc1. The molecular formula is C21H17F2N3O5S. The molecule has 3 rings (SSSR count). The second-order valence-electron chi connectivity index (χ2n) is 6.49. The normalized spacial score (nSPS) is 11.0. The van der Waals surface area contributed by atoms with Gasteiger partial charge < -0.3 is 15.8 Å². The summed E-state index contributed by atoms with van der Waals surface area (Å²) in [5, 5.41) is 2.17. The zero-order chi connectivity index (χ0) is 23.5. The number of nitrogens with two attached hydrogens (primary N) is 1. The minimum Gasteiger partial charge on any atom is -0.497 e. The quantitative estimate of drug-likeness (QED) is 0.498. The summed E-state index contributed by atoms with van der Waals surface area (Å²) < 4.78 is 60.4. The average molecular weight is 461 g/mol. The molecule has 0 saturated carbocycles. The Morgan fingerprint density at radius 2 is 1.66 bits per heavy atom. The minimum atomic E-state index is -4.05. The summed E-state index contributed by atoms with van der Waals surface area (Å²) in [4.78, 5) is 23.5. The highest BCUT2D eigenvalue weighted by Crippen LogP contribution is 2.22. The fraction of sp³-hybridized carbons (Fsp3) is 0.0476. The van der Waals surface area contributed by atoms with Crippen molar-refractivity contribution in [2.24, 2.45) is 5.73 Å². The summed E-state index contributed by atoms with van der Waals surface area (Å²) in [7, 11) is -2.57. The number of sulfonamides is 1. The molecule has 0 atom stereocenters. The van der Waals surface area contributed by atoms with Gasteiger partial charge in [-0.25, -0.2) is 17.2 Å². The van der Waals surface area contributed by atoms with Crippen LogP contribution in [0, 0.1) is 11.6 Å². The first-order valence-corrected chi connectivity index (χ1v) is 10.5. The monoisotopic (exact) mass is 461 g/mol. The Morgan fingerprint density at radius 3 is 2.28 bits per heavy atom. The van der Waals surface area contributed by atoms with E-state index in [2.05, 4.69) is 10.0 Å². The fourth-order valence-corrected chi connectivity index (χ4v) is 3.81. The number of methoxy groups -OCH3 is 1. The molecule has 0 bridgehead atoms. The molecule has 166 valence electrons. The molecule has 0 aliphatic carbocycles. The first-order valence-electron chi connectivity index (χ1n) is 8.98. The van der Waals surface area contributed by atoms with Gasteiger partial charge in [0.05, 0.1) is 23.3 Å². The lowest BCUT2D eigenvalue weighted by Crippen LogP contribution is -2.18. The Balaban J connectivity index is 1.84. The molecule has 0 fully saturated rings. The number of nitrogens with one attached hydrogen (secondary N) is 2. The summed E-state index contributed by atoms with van der Waals surface area (Å²) in [6, 6.07) is 12.3. The van der Waals surface area contributed by atoms with E-state index in [9.17, 15) is 26.8 Å². The van der Waals surface area contributed by atoms with Crippen molar-refractivity contribution >= 4 is 33.2 Å². The number of benzene rings is 3. The molecule has 2 amide bonds. The van der Waals surface area contributed by atoms with Crippen molar-refractivity contribution in [2.75, 3.05) is 17.1 Å². The molecule has 0 spiro atoms. The molecule has 0 unspecified atom stereocenters. The number of carbonyl (C=O) groups excluding carboxylic acids is 2. The van der Waals surface area contributed by atoms with Crippen molar-refractivity contribution in [3.63, 3.8) is 0 Å². The number of primary amides is 1. The van der Waals surface area contributed by atoms with Gasteiger partial charge in [0, 0.05) is 17.3 Å². The van der Waals surface area contributed by atoms with Gasteiger partial charge >= 0.3 is 0 Å². The number of rotatable bonds is 7. The lowest BCUT2D eigenvalue weighted by atomic mass is 10.1. The van der Waals surface area contributed by atoms with Crippen LogP contribution in [0.1, 0.15) is 20.7 Å². The molecule has 0 heterocycles. The first-order chi connectivity index (χ1) is 15.1. The molecular weight excluding hydrogens is 444 g/mol. The Bertz CT molecular complexity index is 1300. The predicted molar refractivity (Wildman–Crippen MR) is 113 cm³/mol. The van der Waals surface area contributed by atoms with Crippen molar-refractivity contribution in [1.29, 1.82) is 0 Å². The molecule has 11 heteroatoms. The van der Waals surface area contributed by atoms with Gasteiger partial charge in [0.25, 0.3) is 21.8 Å². The van der Waals surface area contributed by atoms with E-state index in [0.717, 1.165) is 12.1 Å². The largest absolute Gasteiger partial charge is 0.497 e. The fourth-order valence-electron chi connectivity index (χ4n) is 2.71. The molecule has 32 heavy (non-hydrogen) atoms. The predicted octanol–water partition coefficient (Wildman–Crippen LogP) is 3.13. The van der Waals surface area contributed by atoms with Gasteiger partial charge in [0.2, 0.25) is 0 Å². The molecule has 3 aromatic rings. The van der Waals surface area contributed by atoms with E-state index in [0.29, 0.717) is 11.8 Å². The number of amides is 2. The van der Waals surface area contributed by atoms with Gasteiger partial charge in [-0.3, -0.25) is 14.3 Å². The Morgan fingerprint density at radius 1 is 0.969 bits per heavy atom. The maximum Gasteiger partial charge on any atom is 0.261 e. The van der Waals surface area contributed by atoms with E-state index in [1.54, 1.807) is 12.1 Å². The van der Waals surface area contributed by atoms with Crippen molar-refractivity contribution in [3.8, 4) is 5.75 Å². The van der Waals surface area contributed by atoms with Crippen LogP contribution < -0.4 is 20.5 Å². The number of halogens is 2. The van der Waals surface area contributed by atoms with Crippen LogP contribution >= 0.6 is 0 Å². The van der Waals surface area contributed by atoms with E-state index in [4.69, 9.17) is 10.5 Å². The van der Waals surface area contributed by atoms with Crippen LogP contribution in [0.2, 0.25) is 0 Å². The highest BCUT2D eigenvalue weighted by molar-refractivity contribution is 7.92. The van der Waals surface area contributed by atoms with Crippen LogP contribution in [0.25, 0.3) is 0 Å². The molecule has 3 aromatic carbocycles. The second kappa shape index (κ2) is 9.02. The number of anilines is 2. The summed E-state index contributed by atoms with van der Waals surface area (Å²) in [5.41, 5.74) is 4.08. The molecule has 0 aliphatic rings. The van der Waals surface area contributed by atoms with Crippen molar-refractivity contribution in [3.05, 3.63) is 83.4 Å². The number of ether oxygens (including phenoxy) is 1. The third-order valence-corrected chi connectivity index (χ3v) is 5.70. The maximum absolute atomic E-state index is 14.0. The summed E-state index contributed by atoms with van der Waals surface area (Å²) in [6.07, 6.45) is 0. The maximum atomic E-state index is 14.0. The summed E-state index contributed by atoms with van der Waals surface area (Å²) in [5.74, 6) is -3.79. The molecule has 4 N–H and O–H groups in total. The highest BCUT2D eigenvalue weighted by atomic mass is 32.2. The van der Waals surface area contributed by atoms with Crippen LogP contribution in [-0.2, 0) is 10.0 Å². The highest BCUT2D eigenvalue weighted by Gasteiger charge is 2.19. The number of hydrogen-bond acceptors (Lipinski definition) is 5. The Labute approximate surface area is 182 Å². The second-order valence-corrected chi connectivity index (χ2v) is 8.17. The standard InChI is InChI=1S/C21H17F2N3O5S/c1-31-14-7-5-13(6-8-14)26-32(29,30)15-4-2-3-12(9-15)21(28)25-19-10-16(20(24)27)17(22)11-18(19)23/h2-11,26H,1H3,(H2,24,27)(H,25,28). The average Bonchev–Trinajstić information content (AvgIpc) is 2.75. The van der Waals surface area contributed by atoms with Crippen molar-refractivity contribution in [1.82, 2.24) is 0 Å². The van der Waals surface area contributed by atoms with E-state index >= 15 is 0 Å². The van der Waals surface area contributed by atoms with Crippen LogP contribution in [0.3, 0.4) is 0 Å². The first kappa shape index (κ1) is 22.7. The number of hydrogen-bond donors (Lipinski definition) is 3. The topological polar surface area (TPSA) is 128 Å². The lowest BCUT2D eigenvalue weighted by molar-refractivity contribution is 0.0992. The smallest absolute Gasteiger partial charge is 0.261 e. The van der Waals surface area contributed by atoms with Crippen LogP contribution in [0.15, 0.2) is 65.6 Å². The van der Waals surface area contributed by atoms with Crippen molar-refractivity contribution in [2.45, 2.75) is 4.90 Å². The third kappa shape index (κ3) is 5.01. The van der Waals surface area contributed by atoms with Crippen LogP contribution in [0.5, 0.6) is 5.75 Å². The van der Waals surface area contributed by atoms with Crippen LogP contribution in [-0.4, -0.2) is 27.3 Å². The third-order valence-electron chi connectivity index (χ3n) is 4.32. The number of carbonyl (C=O) groups is 2. The molecule has 0 aliphatic heterocycles. The van der Waals surface area contributed by atoms with Gasteiger partial charge in [-0.2, -0.15) is 0 Å². The van der Waals surface area contributed by atoms with Gasteiger partial charge in [0.15, 0.2) is 0 Å². The van der Waals surface area contributed by atoms with E-state index < -0.39 is 44.7 Å². The van der Waals surface area contributed by atoms with Gasteiger partial charge in [-0.1, -0.05) is 6.07 Å². The summed E-state index contributed by atoms with van der Waals surface area (Å²) in [6.45, 7) is 0. The Kier molecular flexibility index (Phi) is 6.40. The van der Waals surface area contributed by atoms with E-state index in [1.165, 1.54) is 37.4 Å². The van der Waals surface area contributed by atoms with Gasteiger partial charge in [0.1, 0.15) is 17.4 Å². The van der Waals surface area contributed by atoms with E-state index in [-0.39, 0.29) is 16.1 Å². The van der Waals surface area contributed by atoms with Crippen LogP contribution in [0.4, 0.5) is 20.2 Å². The molecule has 0 saturated heterocycles. The van der Waals surface area contributed by atoms with E-state index in [1.807, 2.05) is 0 Å². The lowest BCUT2D eigenvalue weighted by Gasteiger charge is -2.11. The van der Waals surface area contributed by atoms with Crippen molar-refractivity contribution < 1.29 is 31.5 Å². The Hall–Kier alpha value is -3.99. The van der Waals surface area contributed by atoms with Gasteiger partial charge in [-0.15, -0.1) is 0 Å².